The third-order valence-electron chi connectivity index (χ3n) is 2.25. The number of hydrogen-bond donors (Lipinski definition) is 2. The minimum atomic E-state index is -0.242. The first-order valence-electron chi connectivity index (χ1n) is 5.90. The van der Waals surface area contributed by atoms with E-state index in [4.69, 9.17) is 9.47 Å². The average Bonchev–Trinajstić information content (AvgIpc) is 2.42. The third-order valence-corrected chi connectivity index (χ3v) is 2.25. The van der Waals surface area contributed by atoms with Crippen LogP contribution >= 0.6 is 0 Å². The second-order valence-electron chi connectivity index (χ2n) is 3.78. The molecule has 0 aliphatic heterocycles. The van der Waals surface area contributed by atoms with Crippen molar-refractivity contribution in [3.05, 3.63) is 24.3 Å². The molecule has 0 spiro atoms. The molecule has 6 nitrogen and oxygen atoms in total. The number of benzene rings is 1. The van der Waals surface area contributed by atoms with Crippen molar-refractivity contribution in [2.45, 2.75) is 6.92 Å². The topological polar surface area (TPSA) is 76.7 Å². The van der Waals surface area contributed by atoms with Gasteiger partial charge in [-0.1, -0.05) is 0 Å². The van der Waals surface area contributed by atoms with Gasteiger partial charge in [-0.25, -0.2) is 0 Å². The molecule has 0 aliphatic carbocycles. The Morgan fingerprint density at radius 1 is 1.11 bits per heavy atom. The van der Waals surface area contributed by atoms with E-state index in [2.05, 4.69) is 10.6 Å². The third kappa shape index (κ3) is 6.30. The Labute approximate surface area is 112 Å². The predicted molar refractivity (Wildman–Crippen MR) is 70.2 cm³/mol. The Kier molecular flexibility index (Phi) is 6.21. The number of carbonyl (C=O) groups is 2. The highest BCUT2D eigenvalue weighted by Crippen LogP contribution is 2.16. The van der Waals surface area contributed by atoms with Gasteiger partial charge in [0, 0.05) is 6.92 Å². The first kappa shape index (κ1) is 14.8. The Bertz CT molecular complexity index is 417. The zero-order valence-corrected chi connectivity index (χ0v) is 11.1. The molecule has 0 aliphatic rings. The molecule has 0 heterocycles. The maximum Gasteiger partial charge on any atom is 0.239 e. The highest BCUT2D eigenvalue weighted by Gasteiger charge is 2.01. The van der Waals surface area contributed by atoms with Crippen LogP contribution in [0.1, 0.15) is 6.92 Å². The summed E-state index contributed by atoms with van der Waals surface area (Å²) in [5.74, 6) is 0.992. The van der Waals surface area contributed by atoms with Gasteiger partial charge in [0.25, 0.3) is 0 Å². The van der Waals surface area contributed by atoms with E-state index in [1.807, 2.05) is 0 Å². The Balaban J connectivity index is 2.16. The number of hydrogen-bond acceptors (Lipinski definition) is 4. The lowest BCUT2D eigenvalue weighted by Gasteiger charge is -2.08. The molecule has 104 valence electrons. The van der Waals surface area contributed by atoms with Crippen molar-refractivity contribution >= 4 is 11.8 Å². The molecule has 0 bridgehead atoms. The number of carbonyl (C=O) groups excluding carboxylic acids is 2. The van der Waals surface area contributed by atoms with Crippen LogP contribution < -0.4 is 20.1 Å². The molecule has 1 rings (SSSR count). The maximum absolute atomic E-state index is 11.2. The summed E-state index contributed by atoms with van der Waals surface area (Å²) in [6.45, 7) is 2.08. The van der Waals surface area contributed by atoms with Crippen LogP contribution in [0.3, 0.4) is 0 Å². The summed E-state index contributed by atoms with van der Waals surface area (Å²) in [5, 5.41) is 5.04. The van der Waals surface area contributed by atoms with Crippen molar-refractivity contribution in [3.63, 3.8) is 0 Å². The fourth-order valence-corrected chi connectivity index (χ4v) is 1.30. The van der Waals surface area contributed by atoms with Crippen LogP contribution in [0, 0.1) is 0 Å². The molecule has 0 saturated carbocycles. The van der Waals surface area contributed by atoms with Gasteiger partial charge in [0.1, 0.15) is 18.1 Å². The summed E-state index contributed by atoms with van der Waals surface area (Å²) in [4.78, 5) is 21.8. The van der Waals surface area contributed by atoms with Crippen molar-refractivity contribution in [2.75, 3.05) is 26.8 Å². The Hall–Kier alpha value is -2.24. The molecule has 1 aromatic rings. The van der Waals surface area contributed by atoms with E-state index in [1.165, 1.54) is 6.92 Å². The molecule has 19 heavy (non-hydrogen) atoms. The summed E-state index contributed by atoms with van der Waals surface area (Å²) in [7, 11) is 1.60. The zero-order chi connectivity index (χ0) is 14.1. The minimum Gasteiger partial charge on any atom is -0.497 e. The SMILES string of the molecule is COc1ccc(OCCNC(=O)CNC(C)=O)cc1. The lowest BCUT2D eigenvalue weighted by molar-refractivity contribution is -0.125. The quantitative estimate of drug-likeness (QED) is 0.697. The lowest BCUT2D eigenvalue weighted by Crippen LogP contribution is -2.37. The van der Waals surface area contributed by atoms with E-state index in [0.29, 0.717) is 18.9 Å². The number of amides is 2. The second-order valence-corrected chi connectivity index (χ2v) is 3.78. The molecule has 0 atom stereocenters. The molecule has 0 aromatic heterocycles. The minimum absolute atomic E-state index is 0.0160. The summed E-state index contributed by atoms with van der Waals surface area (Å²) in [6.07, 6.45) is 0. The molecule has 2 N–H and O–H groups in total. The predicted octanol–water partition coefficient (Wildman–Crippen LogP) is 0.326. The number of nitrogens with one attached hydrogen (secondary N) is 2. The molecule has 0 saturated heterocycles. The standard InChI is InChI=1S/C13H18N2O4/c1-10(16)15-9-13(17)14-7-8-19-12-5-3-11(18-2)4-6-12/h3-6H,7-9H2,1-2H3,(H,14,17)(H,15,16). The van der Waals surface area contributed by atoms with Crippen molar-refractivity contribution < 1.29 is 19.1 Å². The molecule has 0 fully saturated rings. The normalized spacial score (nSPS) is 9.58. The van der Waals surface area contributed by atoms with Crippen molar-refractivity contribution in [1.82, 2.24) is 10.6 Å². The molecule has 2 amide bonds. The van der Waals surface area contributed by atoms with E-state index in [0.717, 1.165) is 5.75 Å². The number of methoxy groups -OCH3 is 1. The van der Waals surface area contributed by atoms with Gasteiger partial charge in [-0.2, -0.15) is 0 Å². The largest absolute Gasteiger partial charge is 0.497 e. The van der Waals surface area contributed by atoms with Crippen LogP contribution in [0.4, 0.5) is 0 Å². The fraction of sp³-hybridized carbons (Fsp3) is 0.385. The fourth-order valence-electron chi connectivity index (χ4n) is 1.30. The molecule has 6 heteroatoms. The molecular formula is C13H18N2O4. The van der Waals surface area contributed by atoms with Crippen molar-refractivity contribution in [2.24, 2.45) is 0 Å². The first-order chi connectivity index (χ1) is 9.11. The number of rotatable bonds is 7. The summed E-state index contributed by atoms with van der Waals surface area (Å²) < 4.78 is 10.4. The molecule has 1 aromatic carbocycles. The van der Waals surface area contributed by atoms with Gasteiger partial charge >= 0.3 is 0 Å². The second kappa shape index (κ2) is 7.97. The van der Waals surface area contributed by atoms with Gasteiger partial charge in [0.15, 0.2) is 0 Å². The van der Waals surface area contributed by atoms with E-state index >= 15 is 0 Å². The monoisotopic (exact) mass is 266 g/mol. The van der Waals surface area contributed by atoms with Crippen LogP contribution in [-0.2, 0) is 9.59 Å². The van der Waals surface area contributed by atoms with Gasteiger partial charge in [0.05, 0.1) is 20.2 Å². The van der Waals surface area contributed by atoms with Crippen molar-refractivity contribution in [3.8, 4) is 11.5 Å². The summed E-state index contributed by atoms with van der Waals surface area (Å²) >= 11 is 0. The first-order valence-corrected chi connectivity index (χ1v) is 5.90. The average molecular weight is 266 g/mol. The molecule has 0 radical (unpaired) electrons. The summed E-state index contributed by atoms with van der Waals surface area (Å²) in [5.41, 5.74) is 0. The van der Waals surface area contributed by atoms with Crippen molar-refractivity contribution in [1.29, 1.82) is 0 Å². The van der Waals surface area contributed by atoms with Gasteiger partial charge in [0.2, 0.25) is 11.8 Å². The van der Waals surface area contributed by atoms with Gasteiger partial charge in [-0.3, -0.25) is 9.59 Å². The van der Waals surface area contributed by atoms with Gasteiger partial charge in [-0.05, 0) is 24.3 Å². The van der Waals surface area contributed by atoms with Crippen LogP contribution in [0.5, 0.6) is 11.5 Å². The Morgan fingerprint density at radius 2 is 1.74 bits per heavy atom. The van der Waals surface area contributed by atoms with E-state index in [1.54, 1.807) is 31.4 Å². The highest BCUT2D eigenvalue weighted by molar-refractivity contribution is 5.83. The maximum atomic E-state index is 11.2. The lowest BCUT2D eigenvalue weighted by atomic mass is 10.3. The zero-order valence-electron chi connectivity index (χ0n) is 11.1. The number of ether oxygens (including phenoxy) is 2. The molecular weight excluding hydrogens is 248 g/mol. The van der Waals surface area contributed by atoms with Crippen LogP contribution in [0.2, 0.25) is 0 Å². The van der Waals surface area contributed by atoms with E-state index < -0.39 is 0 Å². The van der Waals surface area contributed by atoms with Crippen LogP contribution in [-0.4, -0.2) is 38.6 Å². The van der Waals surface area contributed by atoms with Crippen LogP contribution in [0.25, 0.3) is 0 Å². The van der Waals surface area contributed by atoms with Crippen LogP contribution in [0.15, 0.2) is 24.3 Å². The van der Waals surface area contributed by atoms with Gasteiger partial charge in [-0.15, -0.1) is 0 Å². The van der Waals surface area contributed by atoms with E-state index in [-0.39, 0.29) is 18.4 Å². The smallest absolute Gasteiger partial charge is 0.239 e. The van der Waals surface area contributed by atoms with E-state index in [9.17, 15) is 9.59 Å². The van der Waals surface area contributed by atoms with Gasteiger partial charge < -0.3 is 20.1 Å². The summed E-state index contributed by atoms with van der Waals surface area (Å²) in [6, 6.07) is 7.17. The highest BCUT2D eigenvalue weighted by atomic mass is 16.5. The Morgan fingerprint density at radius 3 is 2.32 bits per heavy atom. The molecule has 0 unspecified atom stereocenters.